The fraction of sp³-hybridized carbons (Fsp3) is 0.217. The van der Waals surface area contributed by atoms with Crippen molar-refractivity contribution < 1.29 is 9.59 Å². The van der Waals surface area contributed by atoms with Gasteiger partial charge in [0.15, 0.2) is 0 Å². The summed E-state index contributed by atoms with van der Waals surface area (Å²) in [7, 11) is 0. The number of amides is 2. The molecule has 2 saturated heterocycles. The number of nitrogens with zero attached hydrogens (tertiary/aromatic N) is 2. The van der Waals surface area contributed by atoms with Gasteiger partial charge in [-0.05, 0) is 23.3 Å². The molecule has 2 fully saturated rings. The van der Waals surface area contributed by atoms with Gasteiger partial charge in [-0.3, -0.25) is 9.59 Å². The van der Waals surface area contributed by atoms with Crippen LogP contribution < -0.4 is 0 Å². The number of benzene rings is 2. The summed E-state index contributed by atoms with van der Waals surface area (Å²) in [6.45, 7) is 2.93. The summed E-state index contributed by atoms with van der Waals surface area (Å²) < 4.78 is 0. The lowest BCUT2D eigenvalue weighted by Crippen LogP contribution is -2.73. The first-order valence-corrected chi connectivity index (χ1v) is 9.18. The lowest BCUT2D eigenvalue weighted by molar-refractivity contribution is -0.162. The molecule has 2 heterocycles. The van der Waals surface area contributed by atoms with Crippen LogP contribution in [0.2, 0.25) is 0 Å². The van der Waals surface area contributed by atoms with Gasteiger partial charge in [0.1, 0.15) is 0 Å². The molecule has 0 unspecified atom stereocenters. The number of likely N-dealkylation sites (tertiary alicyclic amines) is 2. The van der Waals surface area contributed by atoms with Crippen LogP contribution in [0.3, 0.4) is 0 Å². The van der Waals surface area contributed by atoms with Crippen molar-refractivity contribution in [1.82, 2.24) is 9.80 Å². The molecule has 2 amide bonds. The molecule has 2 aliphatic rings. The molecule has 2 aromatic carbocycles. The maximum atomic E-state index is 12.2. The first kappa shape index (κ1) is 17.3. The predicted molar refractivity (Wildman–Crippen MR) is 107 cm³/mol. The number of carbonyl (C=O) groups is 2. The molecule has 4 heteroatoms. The Kier molecular flexibility index (Phi) is 4.63. The maximum Gasteiger partial charge on any atom is 0.246 e. The topological polar surface area (TPSA) is 40.6 Å². The van der Waals surface area contributed by atoms with E-state index in [0.29, 0.717) is 0 Å². The minimum Gasteiger partial charge on any atom is -0.338 e. The van der Waals surface area contributed by atoms with Gasteiger partial charge in [0, 0.05) is 43.7 Å². The second-order valence-corrected chi connectivity index (χ2v) is 7.38. The van der Waals surface area contributed by atoms with E-state index in [1.54, 1.807) is 12.2 Å². The number of rotatable bonds is 4. The largest absolute Gasteiger partial charge is 0.338 e. The molecule has 0 N–H and O–H groups in total. The Labute approximate surface area is 159 Å². The Morgan fingerprint density at radius 2 is 1.04 bits per heavy atom. The molecule has 0 aromatic heterocycles. The van der Waals surface area contributed by atoms with Crippen LogP contribution in [0, 0.1) is 5.41 Å². The van der Waals surface area contributed by atoms with Crippen molar-refractivity contribution in [1.29, 1.82) is 0 Å². The van der Waals surface area contributed by atoms with Crippen LogP contribution >= 0.6 is 0 Å². The first-order chi connectivity index (χ1) is 13.1. The second kappa shape index (κ2) is 7.23. The quantitative estimate of drug-likeness (QED) is 0.788. The predicted octanol–water partition coefficient (Wildman–Crippen LogP) is 3.08. The molecule has 0 bridgehead atoms. The summed E-state index contributed by atoms with van der Waals surface area (Å²) in [5.41, 5.74) is 2.14. The van der Waals surface area contributed by atoms with Crippen molar-refractivity contribution in [3.05, 3.63) is 83.9 Å². The third-order valence-electron chi connectivity index (χ3n) is 5.16. The third kappa shape index (κ3) is 3.85. The Morgan fingerprint density at radius 3 is 1.41 bits per heavy atom. The van der Waals surface area contributed by atoms with E-state index >= 15 is 0 Å². The molecule has 4 nitrogen and oxygen atoms in total. The summed E-state index contributed by atoms with van der Waals surface area (Å²) in [6.07, 6.45) is 6.95. The van der Waals surface area contributed by atoms with Gasteiger partial charge in [0.05, 0.1) is 0 Å². The van der Waals surface area contributed by atoms with E-state index < -0.39 is 0 Å². The summed E-state index contributed by atoms with van der Waals surface area (Å²) >= 11 is 0. The highest BCUT2D eigenvalue weighted by Crippen LogP contribution is 2.39. The number of hydrogen-bond donors (Lipinski definition) is 0. The highest BCUT2D eigenvalue weighted by Gasteiger charge is 2.53. The summed E-state index contributed by atoms with van der Waals surface area (Å²) in [5.74, 6) is 0.0801. The van der Waals surface area contributed by atoms with Crippen molar-refractivity contribution in [3.63, 3.8) is 0 Å². The number of carbonyl (C=O) groups excluding carboxylic acids is 2. The van der Waals surface area contributed by atoms with Crippen LogP contribution in [-0.4, -0.2) is 47.8 Å². The van der Waals surface area contributed by atoms with E-state index in [1.165, 1.54) is 0 Å². The maximum absolute atomic E-state index is 12.2. The molecular formula is C23H22N2O2. The molecule has 0 saturated carbocycles. The zero-order valence-electron chi connectivity index (χ0n) is 15.1. The average molecular weight is 358 g/mol. The summed E-state index contributed by atoms with van der Waals surface area (Å²) in [6, 6.07) is 19.6. The van der Waals surface area contributed by atoms with E-state index in [2.05, 4.69) is 0 Å². The van der Waals surface area contributed by atoms with Gasteiger partial charge in [-0.25, -0.2) is 0 Å². The fourth-order valence-corrected chi connectivity index (χ4v) is 3.71. The van der Waals surface area contributed by atoms with Crippen molar-refractivity contribution in [2.75, 3.05) is 26.2 Å². The fourth-order valence-electron chi connectivity index (χ4n) is 3.71. The van der Waals surface area contributed by atoms with Gasteiger partial charge in [0.2, 0.25) is 11.8 Å². The van der Waals surface area contributed by atoms with Gasteiger partial charge in [-0.15, -0.1) is 0 Å². The van der Waals surface area contributed by atoms with Gasteiger partial charge in [0.25, 0.3) is 0 Å². The second-order valence-electron chi connectivity index (χ2n) is 7.38. The van der Waals surface area contributed by atoms with Crippen LogP contribution in [-0.2, 0) is 9.59 Å². The van der Waals surface area contributed by atoms with E-state index in [9.17, 15) is 9.59 Å². The molecule has 2 aromatic rings. The summed E-state index contributed by atoms with van der Waals surface area (Å²) in [4.78, 5) is 28.2. The van der Waals surface area contributed by atoms with Crippen LogP contribution in [0.15, 0.2) is 72.8 Å². The SMILES string of the molecule is O=C(/C=C/c1ccccc1)N1CC2(C1)CN(C(=O)/C=C/c1ccccc1)C2. The lowest BCUT2D eigenvalue weighted by Gasteiger charge is -2.59. The minimum absolute atomic E-state index is 0.0400. The molecule has 4 rings (SSSR count). The third-order valence-corrected chi connectivity index (χ3v) is 5.16. The minimum atomic E-state index is 0.0400. The zero-order chi connectivity index (χ0) is 18.7. The van der Waals surface area contributed by atoms with Crippen molar-refractivity contribution in [3.8, 4) is 0 Å². The Bertz CT molecular complexity index is 796. The standard InChI is InChI=1S/C23H22N2O2/c26-21(13-11-19-7-3-1-4-8-19)24-15-23(16-24)17-25(18-23)22(27)14-12-20-9-5-2-6-10-20/h1-14H,15-18H2/b13-11+,14-12+. The molecule has 1 spiro atoms. The zero-order valence-corrected chi connectivity index (χ0v) is 15.1. The van der Waals surface area contributed by atoms with Gasteiger partial charge >= 0.3 is 0 Å². The van der Waals surface area contributed by atoms with E-state index in [-0.39, 0.29) is 17.2 Å². The van der Waals surface area contributed by atoms with Crippen LogP contribution in [0.1, 0.15) is 11.1 Å². The van der Waals surface area contributed by atoms with E-state index in [0.717, 1.165) is 37.3 Å². The summed E-state index contributed by atoms with van der Waals surface area (Å²) in [5, 5.41) is 0. The molecule has 136 valence electrons. The van der Waals surface area contributed by atoms with E-state index in [1.807, 2.05) is 82.6 Å². The molecule has 0 aliphatic carbocycles. The highest BCUT2D eigenvalue weighted by molar-refractivity contribution is 5.94. The molecular weight excluding hydrogens is 336 g/mol. The monoisotopic (exact) mass is 358 g/mol. The molecule has 27 heavy (non-hydrogen) atoms. The normalized spacial score (nSPS) is 17.9. The average Bonchev–Trinajstić information content (AvgIpc) is 2.64. The van der Waals surface area contributed by atoms with Crippen LogP contribution in [0.25, 0.3) is 12.2 Å². The smallest absolute Gasteiger partial charge is 0.246 e. The molecule has 0 atom stereocenters. The number of hydrogen-bond acceptors (Lipinski definition) is 2. The van der Waals surface area contributed by atoms with E-state index in [4.69, 9.17) is 0 Å². The van der Waals surface area contributed by atoms with Gasteiger partial charge in [-0.1, -0.05) is 60.7 Å². The van der Waals surface area contributed by atoms with Crippen molar-refractivity contribution >= 4 is 24.0 Å². The van der Waals surface area contributed by atoms with Gasteiger partial charge < -0.3 is 9.80 Å². The van der Waals surface area contributed by atoms with Crippen molar-refractivity contribution in [2.45, 2.75) is 0 Å². The molecule has 2 aliphatic heterocycles. The Hall–Kier alpha value is -3.14. The van der Waals surface area contributed by atoms with Crippen LogP contribution in [0.5, 0.6) is 0 Å². The highest BCUT2D eigenvalue weighted by atomic mass is 16.2. The van der Waals surface area contributed by atoms with Crippen molar-refractivity contribution in [2.24, 2.45) is 5.41 Å². The first-order valence-electron chi connectivity index (χ1n) is 9.18. The Morgan fingerprint density at radius 1 is 0.667 bits per heavy atom. The van der Waals surface area contributed by atoms with Crippen LogP contribution in [0.4, 0.5) is 0 Å². The lowest BCUT2D eigenvalue weighted by atomic mass is 9.72. The molecule has 0 radical (unpaired) electrons. The Balaban J connectivity index is 1.24. The van der Waals surface area contributed by atoms with Gasteiger partial charge in [-0.2, -0.15) is 0 Å².